The Labute approximate surface area is 368 Å². The molecular formula is C36H62O29. The quantitative estimate of drug-likeness (QED) is 0.0768. The molecule has 0 saturated carbocycles. The third-order valence-electron chi connectivity index (χ3n) is 12.3. The molecule has 6 rings (SSSR count). The van der Waals surface area contributed by atoms with Gasteiger partial charge in [-0.2, -0.15) is 0 Å². The van der Waals surface area contributed by atoms with Crippen molar-refractivity contribution in [3.63, 3.8) is 0 Å². The van der Waals surface area contributed by atoms with Crippen molar-refractivity contribution in [2.45, 2.75) is 198 Å². The standard InChI is InChI=1S/C36H62O29/c1-7-26(17(45)20(48)31(54)55-7)61-35-25(53)30(15(43)11(5-39)58-35)65-34-23(51)19(47)28(12(6-40)60-34)63-32-22(50)18(46)27(8(2)56-32)62-36-24(52)29(14(42)10(4-38)59-36)64-33-21(49)16(44)13(41)9(3-37)57-33/h7-54H,3-6H2,1-2H3/t7-,8+,9-,10-,11-,12-,13-,14-,15-,16+,17-,18+,19-,20+,21+,22-,23+,24-,25-,26-,27+,28-,29+,30+,31?,32+,33+,34+,35-,36-/m1/s1. The molecule has 0 bridgehead atoms. The van der Waals surface area contributed by atoms with E-state index in [-0.39, 0.29) is 0 Å². The summed E-state index contributed by atoms with van der Waals surface area (Å²) in [5.41, 5.74) is 0. The molecule has 6 aliphatic heterocycles. The van der Waals surface area contributed by atoms with E-state index in [0.29, 0.717) is 0 Å². The molecule has 30 atom stereocenters. The molecule has 0 amide bonds. The molecule has 0 aromatic rings. The Morgan fingerprint density at radius 1 is 0.277 bits per heavy atom. The number of aliphatic hydroxyl groups is 18. The lowest BCUT2D eigenvalue weighted by Crippen LogP contribution is -2.68. The Hall–Kier alpha value is -1.16. The van der Waals surface area contributed by atoms with Crippen molar-refractivity contribution in [2.24, 2.45) is 0 Å². The molecule has 0 spiro atoms. The van der Waals surface area contributed by atoms with Crippen molar-refractivity contribution >= 4 is 0 Å². The summed E-state index contributed by atoms with van der Waals surface area (Å²) in [6.07, 6.45) is -53.5. The second-order valence-corrected chi connectivity index (χ2v) is 16.7. The number of aliphatic hydroxyl groups excluding tert-OH is 18. The van der Waals surface area contributed by atoms with E-state index >= 15 is 0 Å². The average molecular weight is 959 g/mol. The van der Waals surface area contributed by atoms with Crippen LogP contribution in [0.4, 0.5) is 0 Å². The molecule has 29 heteroatoms. The van der Waals surface area contributed by atoms with Crippen LogP contribution in [0.1, 0.15) is 13.8 Å². The molecule has 1 unspecified atom stereocenters. The summed E-state index contributed by atoms with van der Waals surface area (Å²) in [5.74, 6) is 0. The van der Waals surface area contributed by atoms with E-state index in [0.717, 1.165) is 0 Å². The fourth-order valence-corrected chi connectivity index (χ4v) is 8.46. The van der Waals surface area contributed by atoms with Gasteiger partial charge < -0.3 is 144 Å². The Kier molecular flexibility index (Phi) is 18.2. The summed E-state index contributed by atoms with van der Waals surface area (Å²) < 4.78 is 61.2. The van der Waals surface area contributed by atoms with Crippen LogP contribution in [0.25, 0.3) is 0 Å². The Morgan fingerprint density at radius 3 is 1.03 bits per heavy atom. The highest BCUT2D eigenvalue weighted by molar-refractivity contribution is 4.99. The van der Waals surface area contributed by atoms with E-state index in [1.165, 1.54) is 13.8 Å². The Bertz CT molecular complexity index is 1470. The van der Waals surface area contributed by atoms with Crippen molar-refractivity contribution in [3.8, 4) is 0 Å². The molecule has 6 aliphatic rings. The monoisotopic (exact) mass is 958 g/mol. The van der Waals surface area contributed by atoms with Crippen molar-refractivity contribution in [1.82, 2.24) is 0 Å². The molecule has 18 N–H and O–H groups in total. The largest absolute Gasteiger partial charge is 0.394 e. The van der Waals surface area contributed by atoms with Crippen LogP contribution in [0.15, 0.2) is 0 Å². The van der Waals surface area contributed by atoms with Crippen LogP contribution >= 0.6 is 0 Å². The van der Waals surface area contributed by atoms with E-state index in [4.69, 9.17) is 52.1 Å². The third-order valence-corrected chi connectivity index (χ3v) is 12.3. The zero-order valence-corrected chi connectivity index (χ0v) is 34.7. The SMILES string of the molecule is C[C@@H]1O[C@@H](O[C@H]2[C@H](O)[C@H](O)[C@H](O[C@@H]3[C@@H](O)[C@@H](O[C@H]4[C@H](O)[C@H](O)C(O)O[C@@H]4C)O[C@H](CO)[C@H]3O)O[C@@H]2CO)[C@H](O)[C@H](O)[C@H]1O[C@H]1O[C@H](CO)[C@@H](O)[C@H](O[C@@H]2O[C@H](CO)[C@@H](O)[C@H](O)[C@@H]2O)[C@H]1O. The number of ether oxygens (including phenoxy) is 11. The van der Waals surface area contributed by atoms with E-state index < -0.39 is 211 Å². The molecule has 0 aliphatic carbocycles. The van der Waals surface area contributed by atoms with Crippen LogP contribution in [-0.2, 0) is 52.1 Å². The lowest BCUT2D eigenvalue weighted by atomic mass is 9.95. The van der Waals surface area contributed by atoms with Gasteiger partial charge in [-0.1, -0.05) is 0 Å². The third kappa shape index (κ3) is 10.8. The fraction of sp³-hybridized carbons (Fsp3) is 1.00. The predicted octanol–water partition coefficient (Wildman–Crippen LogP) is -12.0. The van der Waals surface area contributed by atoms with Crippen molar-refractivity contribution in [1.29, 1.82) is 0 Å². The fourth-order valence-electron chi connectivity index (χ4n) is 8.46. The lowest BCUT2D eigenvalue weighted by Gasteiger charge is -2.49. The van der Waals surface area contributed by atoms with Gasteiger partial charge in [0.25, 0.3) is 0 Å². The van der Waals surface area contributed by atoms with Crippen molar-refractivity contribution < 1.29 is 144 Å². The number of hydrogen-bond acceptors (Lipinski definition) is 29. The molecular weight excluding hydrogens is 896 g/mol. The molecule has 29 nitrogen and oxygen atoms in total. The van der Waals surface area contributed by atoms with Gasteiger partial charge in [0.1, 0.15) is 134 Å². The zero-order valence-electron chi connectivity index (χ0n) is 34.7. The van der Waals surface area contributed by atoms with Crippen molar-refractivity contribution in [3.05, 3.63) is 0 Å². The summed E-state index contributed by atoms with van der Waals surface area (Å²) in [4.78, 5) is 0. The number of hydrogen-bond donors (Lipinski definition) is 18. The lowest BCUT2D eigenvalue weighted by molar-refractivity contribution is -0.394. The molecule has 0 aromatic heterocycles. The minimum Gasteiger partial charge on any atom is -0.394 e. The second-order valence-electron chi connectivity index (χ2n) is 16.7. The minimum atomic E-state index is -2.13. The predicted molar refractivity (Wildman–Crippen MR) is 196 cm³/mol. The van der Waals surface area contributed by atoms with Gasteiger partial charge in [-0.3, -0.25) is 0 Å². The van der Waals surface area contributed by atoms with Crippen LogP contribution in [-0.4, -0.2) is 303 Å². The molecule has 0 radical (unpaired) electrons. The average Bonchev–Trinajstić information content (AvgIpc) is 3.28. The highest BCUT2D eigenvalue weighted by atomic mass is 16.8. The maximum absolute atomic E-state index is 11.2. The molecule has 380 valence electrons. The summed E-state index contributed by atoms with van der Waals surface area (Å²) in [6.45, 7) is -0.927. The first-order chi connectivity index (χ1) is 30.7. The molecule has 0 aromatic carbocycles. The van der Waals surface area contributed by atoms with Crippen LogP contribution in [0, 0.1) is 0 Å². The topological polar surface area (TPSA) is 466 Å². The van der Waals surface area contributed by atoms with Gasteiger partial charge in [0.2, 0.25) is 0 Å². The molecule has 6 saturated heterocycles. The molecule has 6 fully saturated rings. The van der Waals surface area contributed by atoms with Crippen molar-refractivity contribution in [2.75, 3.05) is 26.4 Å². The smallest absolute Gasteiger partial charge is 0.187 e. The molecule has 65 heavy (non-hydrogen) atoms. The van der Waals surface area contributed by atoms with E-state index in [1.54, 1.807) is 0 Å². The van der Waals surface area contributed by atoms with Crippen LogP contribution < -0.4 is 0 Å². The summed E-state index contributed by atoms with van der Waals surface area (Å²) in [7, 11) is 0. The van der Waals surface area contributed by atoms with Gasteiger partial charge in [-0.05, 0) is 13.8 Å². The van der Waals surface area contributed by atoms with Crippen LogP contribution in [0.3, 0.4) is 0 Å². The van der Waals surface area contributed by atoms with Crippen LogP contribution in [0.2, 0.25) is 0 Å². The number of rotatable bonds is 14. The maximum Gasteiger partial charge on any atom is 0.187 e. The van der Waals surface area contributed by atoms with Gasteiger partial charge >= 0.3 is 0 Å². The van der Waals surface area contributed by atoms with Gasteiger partial charge in [-0.15, -0.1) is 0 Å². The van der Waals surface area contributed by atoms with Gasteiger partial charge in [0, 0.05) is 0 Å². The van der Waals surface area contributed by atoms with E-state index in [2.05, 4.69) is 0 Å². The Balaban J connectivity index is 1.09. The highest BCUT2D eigenvalue weighted by Crippen LogP contribution is 2.36. The first-order valence-electron chi connectivity index (χ1n) is 20.9. The summed E-state index contributed by atoms with van der Waals surface area (Å²) in [6, 6.07) is 0. The zero-order chi connectivity index (χ0) is 47.9. The Morgan fingerprint density at radius 2 is 0.585 bits per heavy atom. The first-order valence-corrected chi connectivity index (χ1v) is 20.9. The van der Waals surface area contributed by atoms with E-state index in [1.807, 2.05) is 0 Å². The molecule has 6 heterocycles. The van der Waals surface area contributed by atoms with Crippen LogP contribution in [0.5, 0.6) is 0 Å². The summed E-state index contributed by atoms with van der Waals surface area (Å²) in [5, 5.41) is 190. The maximum atomic E-state index is 11.2. The van der Waals surface area contributed by atoms with Gasteiger partial charge in [0.05, 0.1) is 38.6 Å². The normalized spacial score (nSPS) is 54.6. The van der Waals surface area contributed by atoms with Gasteiger partial charge in [-0.25, -0.2) is 0 Å². The second kappa shape index (κ2) is 22.3. The minimum absolute atomic E-state index is 0.829. The van der Waals surface area contributed by atoms with Gasteiger partial charge in [0.15, 0.2) is 37.7 Å². The summed E-state index contributed by atoms with van der Waals surface area (Å²) >= 11 is 0. The highest BCUT2D eigenvalue weighted by Gasteiger charge is 2.57. The first kappa shape index (κ1) is 53.2. The van der Waals surface area contributed by atoms with E-state index in [9.17, 15) is 91.9 Å².